The molecule has 1 N–H and O–H groups in total. The van der Waals surface area contributed by atoms with Gasteiger partial charge in [0.05, 0.1) is 5.25 Å². The van der Waals surface area contributed by atoms with Crippen molar-refractivity contribution in [2.24, 2.45) is 0 Å². The Morgan fingerprint density at radius 3 is 2.57 bits per heavy atom. The fourth-order valence-electron chi connectivity index (χ4n) is 2.35. The van der Waals surface area contributed by atoms with Gasteiger partial charge in [0.15, 0.2) is 5.16 Å². The van der Waals surface area contributed by atoms with E-state index in [4.69, 9.17) is 0 Å². The summed E-state index contributed by atoms with van der Waals surface area (Å²) in [6.07, 6.45) is 5.95. The molecule has 122 valence electrons. The minimum Gasteiger partial charge on any atom is -0.352 e. The topological polar surface area (TPSA) is 46.9 Å². The number of rotatable bonds is 6. The molecule has 1 aliphatic carbocycles. The first-order valence-electron chi connectivity index (χ1n) is 8.15. The third kappa shape index (κ3) is 3.96. The van der Waals surface area contributed by atoms with Crippen LogP contribution in [-0.4, -0.2) is 26.8 Å². The molecular weight excluding hydrogens is 306 g/mol. The first-order chi connectivity index (χ1) is 11.0. The van der Waals surface area contributed by atoms with Crippen molar-refractivity contribution in [1.29, 1.82) is 0 Å². The van der Waals surface area contributed by atoms with Crippen molar-refractivity contribution >= 4 is 17.7 Å². The molecular formula is C18H23N3OS. The number of benzene rings is 1. The number of carbonyl (C=O) groups excluding carboxylic acids is 1. The van der Waals surface area contributed by atoms with Crippen LogP contribution in [0.15, 0.2) is 41.8 Å². The highest BCUT2D eigenvalue weighted by Gasteiger charge is 2.26. The predicted octanol–water partition coefficient (Wildman–Crippen LogP) is 3.75. The Bertz CT molecular complexity index is 674. The van der Waals surface area contributed by atoms with E-state index in [1.54, 1.807) is 6.20 Å². The van der Waals surface area contributed by atoms with E-state index in [1.165, 1.54) is 17.3 Å². The van der Waals surface area contributed by atoms with Crippen LogP contribution in [0, 0.1) is 0 Å². The van der Waals surface area contributed by atoms with Crippen molar-refractivity contribution in [3.05, 3.63) is 42.2 Å². The van der Waals surface area contributed by atoms with E-state index in [0.29, 0.717) is 12.0 Å². The molecule has 0 radical (unpaired) electrons. The summed E-state index contributed by atoms with van der Waals surface area (Å²) in [7, 11) is 0. The first-order valence-corrected chi connectivity index (χ1v) is 9.03. The van der Waals surface area contributed by atoms with Crippen LogP contribution in [0.2, 0.25) is 0 Å². The maximum absolute atomic E-state index is 12.1. The molecule has 0 saturated heterocycles. The number of thioether (sulfide) groups is 1. The van der Waals surface area contributed by atoms with Gasteiger partial charge in [0.2, 0.25) is 5.91 Å². The molecule has 5 heteroatoms. The molecule has 0 aliphatic heterocycles. The quantitative estimate of drug-likeness (QED) is 0.821. The summed E-state index contributed by atoms with van der Waals surface area (Å²) < 4.78 is 2.04. The van der Waals surface area contributed by atoms with Gasteiger partial charge in [0.1, 0.15) is 0 Å². The normalized spacial score (nSPS) is 15.7. The van der Waals surface area contributed by atoms with Crippen molar-refractivity contribution in [3.63, 3.8) is 0 Å². The molecule has 4 nitrogen and oxygen atoms in total. The molecule has 1 heterocycles. The van der Waals surface area contributed by atoms with E-state index in [1.807, 2.05) is 17.7 Å². The standard InChI is InChI=1S/C18H23N3OS/c1-12(2)14-4-8-16(9-5-14)21-11-10-19-18(21)23-13(3)17(22)20-15-6-7-15/h4-5,8-13,15H,6-7H2,1-3H3,(H,20,22)/t13-/m0/s1. The highest BCUT2D eigenvalue weighted by molar-refractivity contribution is 8.00. The number of hydrogen-bond acceptors (Lipinski definition) is 3. The fraction of sp³-hybridized carbons (Fsp3) is 0.444. The number of carbonyl (C=O) groups is 1. The van der Waals surface area contributed by atoms with E-state index < -0.39 is 0 Å². The van der Waals surface area contributed by atoms with Gasteiger partial charge < -0.3 is 5.32 Å². The van der Waals surface area contributed by atoms with Crippen molar-refractivity contribution in [1.82, 2.24) is 14.9 Å². The second-order valence-corrected chi connectivity index (χ2v) is 7.68. The van der Waals surface area contributed by atoms with Crippen molar-refractivity contribution in [2.75, 3.05) is 0 Å². The Morgan fingerprint density at radius 2 is 1.96 bits per heavy atom. The second kappa shape index (κ2) is 6.79. The summed E-state index contributed by atoms with van der Waals surface area (Å²) in [5.74, 6) is 0.619. The number of aromatic nitrogens is 2. The van der Waals surface area contributed by atoms with Gasteiger partial charge in [0, 0.05) is 24.1 Å². The van der Waals surface area contributed by atoms with Crippen LogP contribution in [0.1, 0.15) is 45.1 Å². The number of nitrogens with one attached hydrogen (secondary N) is 1. The molecule has 1 aliphatic rings. The van der Waals surface area contributed by atoms with Gasteiger partial charge in [-0.15, -0.1) is 0 Å². The molecule has 2 aromatic rings. The SMILES string of the molecule is CC(C)c1ccc(-n2ccnc2S[C@@H](C)C(=O)NC2CC2)cc1. The monoisotopic (exact) mass is 329 g/mol. The zero-order valence-corrected chi connectivity index (χ0v) is 14.6. The lowest BCUT2D eigenvalue weighted by molar-refractivity contribution is -0.120. The van der Waals surface area contributed by atoms with Gasteiger partial charge in [0.25, 0.3) is 0 Å². The van der Waals surface area contributed by atoms with Crippen LogP contribution < -0.4 is 5.32 Å². The van der Waals surface area contributed by atoms with Crippen LogP contribution in [0.25, 0.3) is 5.69 Å². The smallest absolute Gasteiger partial charge is 0.233 e. The van der Waals surface area contributed by atoms with Gasteiger partial charge in [-0.3, -0.25) is 9.36 Å². The Balaban J connectivity index is 1.72. The van der Waals surface area contributed by atoms with Crippen molar-refractivity contribution in [3.8, 4) is 5.69 Å². The van der Waals surface area contributed by atoms with E-state index in [-0.39, 0.29) is 11.2 Å². The zero-order valence-electron chi connectivity index (χ0n) is 13.8. The van der Waals surface area contributed by atoms with Crippen LogP contribution in [0.4, 0.5) is 0 Å². The summed E-state index contributed by atoms with van der Waals surface area (Å²) in [4.78, 5) is 16.5. The highest BCUT2D eigenvalue weighted by Crippen LogP contribution is 2.27. The molecule has 1 fully saturated rings. The van der Waals surface area contributed by atoms with E-state index in [2.05, 4.69) is 48.4 Å². The Kier molecular flexibility index (Phi) is 4.76. The average molecular weight is 329 g/mol. The van der Waals surface area contributed by atoms with Gasteiger partial charge in [-0.2, -0.15) is 0 Å². The van der Waals surface area contributed by atoms with Gasteiger partial charge >= 0.3 is 0 Å². The lowest BCUT2D eigenvalue weighted by Crippen LogP contribution is -2.32. The molecule has 1 atom stereocenters. The summed E-state index contributed by atoms with van der Waals surface area (Å²) >= 11 is 1.50. The lowest BCUT2D eigenvalue weighted by atomic mass is 10.0. The molecule has 1 saturated carbocycles. The molecule has 1 aromatic carbocycles. The zero-order chi connectivity index (χ0) is 16.4. The van der Waals surface area contributed by atoms with Gasteiger partial charge in [-0.05, 0) is 43.4 Å². The van der Waals surface area contributed by atoms with E-state index in [9.17, 15) is 4.79 Å². The first kappa shape index (κ1) is 16.1. The fourth-order valence-corrected chi connectivity index (χ4v) is 3.24. The Hall–Kier alpha value is -1.75. The van der Waals surface area contributed by atoms with Gasteiger partial charge in [-0.1, -0.05) is 37.7 Å². The maximum Gasteiger partial charge on any atom is 0.233 e. The average Bonchev–Trinajstić information content (AvgIpc) is 3.23. The Labute approximate surface area is 141 Å². The lowest BCUT2D eigenvalue weighted by Gasteiger charge is -2.13. The molecule has 1 aromatic heterocycles. The van der Waals surface area contributed by atoms with Crippen LogP contribution in [-0.2, 0) is 4.79 Å². The molecule has 0 bridgehead atoms. The van der Waals surface area contributed by atoms with Crippen molar-refractivity contribution < 1.29 is 4.79 Å². The summed E-state index contributed by atoms with van der Waals surface area (Å²) in [5.41, 5.74) is 2.39. The molecule has 3 rings (SSSR count). The number of hydrogen-bond donors (Lipinski definition) is 1. The minimum absolute atomic E-state index is 0.0993. The third-order valence-electron chi connectivity index (χ3n) is 4.02. The molecule has 23 heavy (non-hydrogen) atoms. The molecule has 0 spiro atoms. The number of imidazole rings is 1. The number of amides is 1. The summed E-state index contributed by atoms with van der Waals surface area (Å²) in [6.45, 7) is 6.31. The van der Waals surface area contributed by atoms with Crippen LogP contribution in [0.3, 0.4) is 0 Å². The molecule has 1 amide bonds. The Morgan fingerprint density at radius 1 is 1.26 bits per heavy atom. The minimum atomic E-state index is -0.147. The largest absolute Gasteiger partial charge is 0.352 e. The summed E-state index contributed by atoms with van der Waals surface area (Å²) in [6, 6.07) is 8.91. The summed E-state index contributed by atoms with van der Waals surface area (Å²) in [5, 5.41) is 3.75. The van der Waals surface area contributed by atoms with E-state index >= 15 is 0 Å². The highest BCUT2D eigenvalue weighted by atomic mass is 32.2. The second-order valence-electron chi connectivity index (χ2n) is 6.37. The van der Waals surface area contributed by atoms with E-state index in [0.717, 1.165) is 23.7 Å². The third-order valence-corrected chi connectivity index (χ3v) is 5.10. The predicted molar refractivity (Wildman–Crippen MR) is 94.1 cm³/mol. The molecule has 0 unspecified atom stereocenters. The van der Waals surface area contributed by atoms with Crippen LogP contribution >= 0.6 is 11.8 Å². The maximum atomic E-state index is 12.1. The number of nitrogens with zero attached hydrogens (tertiary/aromatic N) is 2. The van der Waals surface area contributed by atoms with Gasteiger partial charge in [-0.25, -0.2) is 4.98 Å². The van der Waals surface area contributed by atoms with Crippen molar-refractivity contribution in [2.45, 2.75) is 56.0 Å². The van der Waals surface area contributed by atoms with Crippen LogP contribution in [0.5, 0.6) is 0 Å².